The molecule has 24 heavy (non-hydrogen) atoms. The molecule has 3 rings (SSSR count). The monoisotopic (exact) mass is 341 g/mol. The third-order valence-corrected chi connectivity index (χ3v) is 4.38. The molecule has 1 amide bonds. The van der Waals surface area contributed by atoms with Crippen molar-refractivity contribution in [2.24, 2.45) is 0 Å². The van der Waals surface area contributed by atoms with Crippen molar-refractivity contribution in [3.8, 4) is 6.07 Å². The first-order chi connectivity index (χ1) is 11.7. The molecule has 0 N–H and O–H groups in total. The van der Waals surface area contributed by atoms with E-state index in [2.05, 4.69) is 16.0 Å². The lowest BCUT2D eigenvalue weighted by atomic mass is 10.1. The molecule has 0 aliphatic carbocycles. The fourth-order valence-corrected chi connectivity index (χ4v) is 2.93. The predicted molar refractivity (Wildman–Crippen MR) is 90.7 cm³/mol. The molecule has 0 saturated carbocycles. The summed E-state index contributed by atoms with van der Waals surface area (Å²) in [5.41, 5.74) is 1.15. The van der Waals surface area contributed by atoms with E-state index in [0.717, 1.165) is 5.56 Å². The summed E-state index contributed by atoms with van der Waals surface area (Å²) in [6, 6.07) is 9.45. The molecule has 0 radical (unpaired) electrons. The Morgan fingerprint density at radius 2 is 1.88 bits per heavy atom. The zero-order valence-electron chi connectivity index (χ0n) is 13.0. The molecule has 1 saturated heterocycles. The van der Waals surface area contributed by atoms with E-state index in [9.17, 15) is 4.79 Å². The topological polar surface area (TPSA) is 73.1 Å². The van der Waals surface area contributed by atoms with E-state index in [1.54, 1.807) is 12.3 Å². The smallest absolute Gasteiger partial charge is 0.227 e. The molecule has 1 aromatic heterocycles. The summed E-state index contributed by atoms with van der Waals surface area (Å²) in [5, 5.41) is 9.74. The summed E-state index contributed by atoms with van der Waals surface area (Å²) in [7, 11) is 0. The first kappa shape index (κ1) is 16.2. The van der Waals surface area contributed by atoms with Crippen molar-refractivity contribution in [1.29, 1.82) is 5.26 Å². The average molecular weight is 342 g/mol. The number of carbonyl (C=O) groups is 1. The van der Waals surface area contributed by atoms with Crippen molar-refractivity contribution >= 4 is 23.3 Å². The van der Waals surface area contributed by atoms with E-state index >= 15 is 0 Å². The van der Waals surface area contributed by atoms with Crippen LogP contribution in [0.1, 0.15) is 11.3 Å². The Morgan fingerprint density at radius 1 is 1.17 bits per heavy atom. The molecule has 1 aliphatic rings. The molecule has 1 fully saturated rings. The first-order valence-electron chi connectivity index (χ1n) is 7.66. The van der Waals surface area contributed by atoms with Crippen molar-refractivity contribution in [3.05, 3.63) is 52.9 Å². The largest absolute Gasteiger partial charge is 0.351 e. The lowest BCUT2D eigenvalue weighted by molar-refractivity contribution is -0.130. The van der Waals surface area contributed by atoms with Gasteiger partial charge in [-0.25, -0.2) is 9.97 Å². The summed E-state index contributed by atoms with van der Waals surface area (Å²) in [4.78, 5) is 24.5. The number of halogens is 1. The van der Waals surface area contributed by atoms with Crippen LogP contribution in [0.2, 0.25) is 5.02 Å². The number of aromatic nitrogens is 2. The maximum absolute atomic E-state index is 12.5. The van der Waals surface area contributed by atoms with Crippen molar-refractivity contribution < 1.29 is 4.79 Å². The molecule has 1 aliphatic heterocycles. The molecule has 2 aromatic rings. The molecule has 0 bridgehead atoms. The normalized spacial score (nSPS) is 14.3. The van der Waals surface area contributed by atoms with Crippen molar-refractivity contribution in [1.82, 2.24) is 14.9 Å². The minimum atomic E-state index is 0.0578. The van der Waals surface area contributed by atoms with Crippen LogP contribution in [0.3, 0.4) is 0 Å². The molecule has 122 valence electrons. The van der Waals surface area contributed by atoms with Crippen LogP contribution in [-0.2, 0) is 11.2 Å². The number of anilines is 1. The number of hydrogen-bond donors (Lipinski definition) is 0. The SMILES string of the molecule is N#Cc1nccnc1N1CCN(C(=O)Cc2ccccc2Cl)CC1. The number of nitriles is 1. The van der Waals surface area contributed by atoms with Gasteiger partial charge in [0.25, 0.3) is 0 Å². The van der Waals surface area contributed by atoms with Crippen LogP contribution in [0.25, 0.3) is 0 Å². The van der Waals surface area contributed by atoms with E-state index in [-0.39, 0.29) is 5.91 Å². The fourth-order valence-electron chi connectivity index (χ4n) is 2.73. The van der Waals surface area contributed by atoms with Gasteiger partial charge in [-0.1, -0.05) is 29.8 Å². The molecule has 1 aromatic carbocycles. The minimum Gasteiger partial charge on any atom is -0.351 e. The van der Waals surface area contributed by atoms with E-state index in [1.807, 2.05) is 28.0 Å². The molecule has 0 atom stereocenters. The summed E-state index contributed by atoms with van der Waals surface area (Å²) in [5.74, 6) is 0.639. The summed E-state index contributed by atoms with van der Waals surface area (Å²) < 4.78 is 0. The van der Waals surface area contributed by atoms with Gasteiger partial charge in [-0.2, -0.15) is 5.26 Å². The number of piperazine rings is 1. The van der Waals surface area contributed by atoms with Crippen molar-refractivity contribution in [2.75, 3.05) is 31.1 Å². The number of carbonyl (C=O) groups excluding carboxylic acids is 1. The van der Waals surface area contributed by atoms with Gasteiger partial charge in [-0.05, 0) is 11.6 Å². The number of benzene rings is 1. The van der Waals surface area contributed by atoms with Gasteiger partial charge in [0.05, 0.1) is 6.42 Å². The van der Waals surface area contributed by atoms with E-state index in [1.165, 1.54) is 6.20 Å². The van der Waals surface area contributed by atoms with Crippen LogP contribution in [-0.4, -0.2) is 47.0 Å². The summed E-state index contributed by atoms with van der Waals surface area (Å²) in [6.07, 6.45) is 3.38. The zero-order chi connectivity index (χ0) is 16.9. The van der Waals surface area contributed by atoms with Gasteiger partial charge in [-0.3, -0.25) is 4.79 Å². The van der Waals surface area contributed by atoms with Gasteiger partial charge in [0.15, 0.2) is 11.5 Å². The van der Waals surface area contributed by atoms with Gasteiger partial charge in [0.1, 0.15) is 6.07 Å². The first-order valence-corrected chi connectivity index (χ1v) is 8.04. The highest BCUT2D eigenvalue weighted by atomic mass is 35.5. The maximum Gasteiger partial charge on any atom is 0.227 e. The molecule has 2 heterocycles. The molecule has 7 heteroatoms. The Hall–Kier alpha value is -2.65. The number of amides is 1. The lowest BCUT2D eigenvalue weighted by Gasteiger charge is -2.35. The maximum atomic E-state index is 12.5. The number of hydrogen-bond acceptors (Lipinski definition) is 5. The van der Waals surface area contributed by atoms with Crippen molar-refractivity contribution in [2.45, 2.75) is 6.42 Å². The van der Waals surface area contributed by atoms with Crippen LogP contribution >= 0.6 is 11.6 Å². The van der Waals surface area contributed by atoms with Gasteiger partial charge < -0.3 is 9.80 Å². The van der Waals surface area contributed by atoms with E-state index in [4.69, 9.17) is 16.9 Å². The summed E-state index contributed by atoms with van der Waals surface area (Å²) >= 11 is 6.12. The van der Waals surface area contributed by atoms with Crippen LogP contribution in [0.4, 0.5) is 5.82 Å². The second kappa shape index (κ2) is 7.28. The van der Waals surface area contributed by atoms with Gasteiger partial charge in [0.2, 0.25) is 5.91 Å². The molecular formula is C17H16ClN5O. The Labute approximate surface area is 145 Å². The number of rotatable bonds is 3. The van der Waals surface area contributed by atoms with Gasteiger partial charge >= 0.3 is 0 Å². The molecule has 0 unspecified atom stereocenters. The Balaban J connectivity index is 1.62. The van der Waals surface area contributed by atoms with Crippen LogP contribution in [0.5, 0.6) is 0 Å². The second-order valence-corrected chi connectivity index (χ2v) is 5.88. The zero-order valence-corrected chi connectivity index (χ0v) is 13.8. The predicted octanol–water partition coefficient (Wildman–Crippen LogP) is 1.89. The fraction of sp³-hybridized carbons (Fsp3) is 0.294. The van der Waals surface area contributed by atoms with Gasteiger partial charge in [0, 0.05) is 43.6 Å². The van der Waals surface area contributed by atoms with Crippen LogP contribution in [0.15, 0.2) is 36.7 Å². The summed E-state index contributed by atoms with van der Waals surface area (Å²) in [6.45, 7) is 2.43. The average Bonchev–Trinajstić information content (AvgIpc) is 2.63. The second-order valence-electron chi connectivity index (χ2n) is 5.48. The Morgan fingerprint density at radius 3 is 2.58 bits per heavy atom. The molecule has 0 spiro atoms. The van der Waals surface area contributed by atoms with Crippen molar-refractivity contribution in [3.63, 3.8) is 0 Å². The third kappa shape index (κ3) is 3.47. The highest BCUT2D eigenvalue weighted by Crippen LogP contribution is 2.19. The van der Waals surface area contributed by atoms with Crippen LogP contribution in [0, 0.1) is 11.3 Å². The Kier molecular flexibility index (Phi) is 4.92. The highest BCUT2D eigenvalue weighted by Gasteiger charge is 2.24. The third-order valence-electron chi connectivity index (χ3n) is 4.02. The van der Waals surface area contributed by atoms with Gasteiger partial charge in [-0.15, -0.1) is 0 Å². The minimum absolute atomic E-state index is 0.0578. The standard InChI is InChI=1S/C17H16ClN5O/c18-14-4-2-1-3-13(14)11-16(24)22-7-9-23(10-8-22)17-15(12-19)20-5-6-21-17/h1-6H,7-11H2. The van der Waals surface area contributed by atoms with E-state index in [0.29, 0.717) is 49.1 Å². The Bertz CT molecular complexity index is 781. The number of nitrogens with zero attached hydrogens (tertiary/aromatic N) is 5. The van der Waals surface area contributed by atoms with Crippen LogP contribution < -0.4 is 4.90 Å². The van der Waals surface area contributed by atoms with E-state index < -0.39 is 0 Å². The quantitative estimate of drug-likeness (QED) is 0.852. The molecule has 6 nitrogen and oxygen atoms in total. The molecular weight excluding hydrogens is 326 g/mol. The lowest BCUT2D eigenvalue weighted by Crippen LogP contribution is -2.49. The highest BCUT2D eigenvalue weighted by molar-refractivity contribution is 6.31.